The molecule has 1 amide bonds. The van der Waals surface area contributed by atoms with Gasteiger partial charge in [0.25, 0.3) is 5.91 Å². The van der Waals surface area contributed by atoms with E-state index in [9.17, 15) is 4.79 Å². The number of hydrogen-bond donors (Lipinski definition) is 1. The summed E-state index contributed by atoms with van der Waals surface area (Å²) < 4.78 is 2.34. The Morgan fingerprint density at radius 2 is 1.92 bits per heavy atom. The fraction of sp³-hybridized carbons (Fsp3) is 0.476. The standard InChI is InChI=1S/C21H27N3O/c1-15-12-20(16(2)24(15)19-8-9-19)21(25)22-18-10-11-23(14-18)13-17-6-4-3-5-7-17/h3-7,12,18-19H,8-11,13-14H2,1-2H3,(H,22,25)/t18-/m1/s1. The van der Waals surface area contributed by atoms with Crippen molar-refractivity contribution < 1.29 is 4.79 Å². The van der Waals surface area contributed by atoms with E-state index in [4.69, 9.17) is 0 Å². The quantitative estimate of drug-likeness (QED) is 0.907. The van der Waals surface area contributed by atoms with Gasteiger partial charge in [-0.05, 0) is 44.7 Å². The molecule has 4 rings (SSSR count). The summed E-state index contributed by atoms with van der Waals surface area (Å²) in [6.45, 7) is 7.13. The van der Waals surface area contributed by atoms with Crippen LogP contribution < -0.4 is 5.32 Å². The number of nitrogens with zero attached hydrogens (tertiary/aromatic N) is 2. The maximum atomic E-state index is 12.8. The van der Waals surface area contributed by atoms with E-state index in [1.165, 1.54) is 24.1 Å². The van der Waals surface area contributed by atoms with Gasteiger partial charge in [-0.15, -0.1) is 0 Å². The van der Waals surface area contributed by atoms with Gasteiger partial charge < -0.3 is 9.88 Å². The van der Waals surface area contributed by atoms with E-state index in [2.05, 4.69) is 65.0 Å². The molecule has 1 aliphatic heterocycles. The van der Waals surface area contributed by atoms with E-state index >= 15 is 0 Å². The first-order valence-electron chi connectivity index (χ1n) is 9.37. The average Bonchev–Trinajstić information content (AvgIpc) is 3.26. The first-order chi connectivity index (χ1) is 12.1. The van der Waals surface area contributed by atoms with Gasteiger partial charge in [0.15, 0.2) is 0 Å². The zero-order chi connectivity index (χ0) is 17.4. The Balaban J connectivity index is 1.37. The smallest absolute Gasteiger partial charge is 0.253 e. The van der Waals surface area contributed by atoms with Gasteiger partial charge in [-0.2, -0.15) is 0 Å². The molecule has 2 fully saturated rings. The highest BCUT2D eigenvalue weighted by Crippen LogP contribution is 2.38. The van der Waals surface area contributed by atoms with Gasteiger partial charge in [0.05, 0.1) is 5.56 Å². The summed E-state index contributed by atoms with van der Waals surface area (Å²) in [6.07, 6.45) is 3.52. The minimum atomic E-state index is 0.0894. The highest BCUT2D eigenvalue weighted by atomic mass is 16.1. The number of likely N-dealkylation sites (tertiary alicyclic amines) is 1. The molecule has 1 atom stereocenters. The molecule has 2 aliphatic rings. The van der Waals surface area contributed by atoms with Crippen molar-refractivity contribution in [2.45, 2.75) is 51.7 Å². The van der Waals surface area contributed by atoms with Crippen molar-refractivity contribution in [1.29, 1.82) is 0 Å². The molecule has 1 aromatic carbocycles. The van der Waals surface area contributed by atoms with E-state index < -0.39 is 0 Å². The summed E-state index contributed by atoms with van der Waals surface area (Å²) in [6, 6.07) is 13.5. The second kappa shape index (κ2) is 6.68. The normalized spacial score (nSPS) is 20.8. The van der Waals surface area contributed by atoms with E-state index in [1.54, 1.807) is 0 Å². The SMILES string of the molecule is Cc1cc(C(=O)N[C@@H]2CCN(Cc3ccccc3)C2)c(C)n1C1CC1. The molecule has 1 aliphatic carbocycles. The lowest BCUT2D eigenvalue weighted by Crippen LogP contribution is -2.37. The molecule has 132 valence electrons. The Kier molecular flexibility index (Phi) is 4.38. The zero-order valence-corrected chi connectivity index (χ0v) is 15.2. The Hall–Kier alpha value is -2.07. The Morgan fingerprint density at radius 1 is 1.16 bits per heavy atom. The largest absolute Gasteiger partial charge is 0.348 e. The molecule has 2 heterocycles. The molecule has 4 heteroatoms. The predicted octanol–water partition coefficient (Wildman–Crippen LogP) is 3.44. The number of amides is 1. The molecule has 1 aromatic heterocycles. The van der Waals surface area contributed by atoms with Crippen LogP contribution in [0.15, 0.2) is 36.4 Å². The van der Waals surface area contributed by atoms with Gasteiger partial charge in [-0.25, -0.2) is 0 Å². The van der Waals surface area contributed by atoms with Crippen molar-refractivity contribution >= 4 is 5.91 Å². The van der Waals surface area contributed by atoms with E-state index in [1.807, 2.05) is 0 Å². The number of carbonyl (C=O) groups is 1. The lowest BCUT2D eigenvalue weighted by molar-refractivity contribution is 0.0937. The summed E-state index contributed by atoms with van der Waals surface area (Å²) in [7, 11) is 0. The Morgan fingerprint density at radius 3 is 2.64 bits per heavy atom. The second-order valence-corrected chi connectivity index (χ2v) is 7.57. The minimum absolute atomic E-state index is 0.0894. The van der Waals surface area contributed by atoms with Crippen molar-refractivity contribution in [2.75, 3.05) is 13.1 Å². The molecule has 0 unspecified atom stereocenters. The Labute approximate surface area is 149 Å². The molecule has 0 spiro atoms. The number of rotatable bonds is 5. The van der Waals surface area contributed by atoms with Gasteiger partial charge in [-0.1, -0.05) is 30.3 Å². The molecule has 4 nitrogen and oxygen atoms in total. The van der Waals surface area contributed by atoms with Crippen LogP contribution in [0, 0.1) is 13.8 Å². The number of nitrogens with one attached hydrogen (secondary N) is 1. The second-order valence-electron chi connectivity index (χ2n) is 7.57. The monoisotopic (exact) mass is 337 g/mol. The summed E-state index contributed by atoms with van der Waals surface area (Å²) in [5.41, 5.74) is 4.52. The van der Waals surface area contributed by atoms with E-state index in [0.29, 0.717) is 6.04 Å². The molecular weight excluding hydrogens is 310 g/mol. The highest BCUT2D eigenvalue weighted by molar-refractivity contribution is 5.96. The fourth-order valence-electron chi connectivity index (χ4n) is 4.10. The van der Waals surface area contributed by atoms with Crippen LogP contribution in [-0.4, -0.2) is 34.5 Å². The molecule has 2 aromatic rings. The van der Waals surface area contributed by atoms with Crippen molar-refractivity contribution in [1.82, 2.24) is 14.8 Å². The lowest BCUT2D eigenvalue weighted by Gasteiger charge is -2.17. The van der Waals surface area contributed by atoms with Crippen molar-refractivity contribution in [2.24, 2.45) is 0 Å². The summed E-state index contributed by atoms with van der Waals surface area (Å²) in [5.74, 6) is 0.0894. The van der Waals surface area contributed by atoms with Crippen molar-refractivity contribution in [3.63, 3.8) is 0 Å². The predicted molar refractivity (Wildman–Crippen MR) is 99.8 cm³/mol. The van der Waals surface area contributed by atoms with Crippen LogP contribution in [0.2, 0.25) is 0 Å². The number of aryl methyl sites for hydroxylation is 1. The van der Waals surface area contributed by atoms with Crippen LogP contribution in [0.25, 0.3) is 0 Å². The van der Waals surface area contributed by atoms with Gasteiger partial charge >= 0.3 is 0 Å². The average molecular weight is 337 g/mol. The molecular formula is C21H27N3O. The molecule has 25 heavy (non-hydrogen) atoms. The third-order valence-corrected chi connectivity index (χ3v) is 5.50. The van der Waals surface area contributed by atoms with Gasteiger partial charge in [0, 0.05) is 43.1 Å². The lowest BCUT2D eigenvalue weighted by atomic mass is 10.2. The Bertz CT molecular complexity index is 761. The van der Waals surface area contributed by atoms with E-state index in [-0.39, 0.29) is 11.9 Å². The van der Waals surface area contributed by atoms with Crippen LogP contribution in [-0.2, 0) is 6.54 Å². The number of carbonyl (C=O) groups excluding carboxylic acids is 1. The molecule has 1 N–H and O–H groups in total. The van der Waals surface area contributed by atoms with E-state index in [0.717, 1.165) is 37.3 Å². The van der Waals surface area contributed by atoms with Crippen LogP contribution in [0.1, 0.15) is 52.6 Å². The van der Waals surface area contributed by atoms with Crippen LogP contribution in [0.5, 0.6) is 0 Å². The molecule has 0 radical (unpaired) electrons. The van der Waals surface area contributed by atoms with Crippen LogP contribution in [0.4, 0.5) is 0 Å². The summed E-state index contributed by atoms with van der Waals surface area (Å²) in [5, 5.41) is 3.26. The van der Waals surface area contributed by atoms with Crippen molar-refractivity contribution in [3.8, 4) is 0 Å². The zero-order valence-electron chi connectivity index (χ0n) is 15.2. The third kappa shape index (κ3) is 3.49. The number of benzene rings is 1. The first kappa shape index (κ1) is 16.4. The summed E-state index contributed by atoms with van der Waals surface area (Å²) >= 11 is 0. The maximum absolute atomic E-state index is 12.8. The fourth-order valence-corrected chi connectivity index (χ4v) is 4.10. The summed E-state index contributed by atoms with van der Waals surface area (Å²) in [4.78, 5) is 15.2. The first-order valence-corrected chi connectivity index (χ1v) is 9.37. The van der Waals surface area contributed by atoms with Crippen LogP contribution >= 0.6 is 0 Å². The van der Waals surface area contributed by atoms with Crippen LogP contribution in [0.3, 0.4) is 0 Å². The number of aromatic nitrogens is 1. The molecule has 1 saturated heterocycles. The highest BCUT2D eigenvalue weighted by Gasteiger charge is 2.30. The molecule has 1 saturated carbocycles. The maximum Gasteiger partial charge on any atom is 0.253 e. The van der Waals surface area contributed by atoms with Gasteiger partial charge in [-0.3, -0.25) is 9.69 Å². The minimum Gasteiger partial charge on any atom is -0.348 e. The third-order valence-electron chi connectivity index (χ3n) is 5.50. The van der Waals surface area contributed by atoms with Gasteiger partial charge in [0.1, 0.15) is 0 Å². The van der Waals surface area contributed by atoms with Crippen molar-refractivity contribution in [3.05, 3.63) is 58.9 Å². The molecule has 0 bridgehead atoms. The topological polar surface area (TPSA) is 37.3 Å². The van der Waals surface area contributed by atoms with Gasteiger partial charge in [0.2, 0.25) is 0 Å². The number of hydrogen-bond acceptors (Lipinski definition) is 2.